The number of nitriles is 1. The Hall–Kier alpha value is -3.32. The number of nitrogens with zero attached hydrogens (tertiary/aromatic N) is 3. The van der Waals surface area contributed by atoms with Crippen molar-refractivity contribution in [1.29, 1.82) is 5.26 Å². The number of fused-ring (bicyclic) bond motifs is 1. The van der Waals surface area contributed by atoms with Gasteiger partial charge in [-0.2, -0.15) is 5.26 Å². The van der Waals surface area contributed by atoms with Crippen LogP contribution in [-0.2, 0) is 10.0 Å². The van der Waals surface area contributed by atoms with E-state index in [0.717, 1.165) is 11.3 Å². The molecule has 10 heteroatoms. The van der Waals surface area contributed by atoms with Gasteiger partial charge >= 0.3 is 0 Å². The number of benzene rings is 2. The molecule has 3 aromatic rings. The Balaban J connectivity index is 1.55. The smallest absolute Gasteiger partial charge is 0.263 e. The van der Waals surface area contributed by atoms with Gasteiger partial charge in [0.15, 0.2) is 0 Å². The molecule has 0 amide bonds. The summed E-state index contributed by atoms with van der Waals surface area (Å²) in [6.07, 6.45) is 2.62. The second kappa shape index (κ2) is 7.25. The highest BCUT2D eigenvalue weighted by Crippen LogP contribution is 2.34. The van der Waals surface area contributed by atoms with Crippen molar-refractivity contribution in [1.82, 2.24) is 0 Å². The molecule has 0 radical (unpaired) electrons. The van der Waals surface area contributed by atoms with Crippen LogP contribution in [0.2, 0.25) is 5.02 Å². The fourth-order valence-corrected chi connectivity index (χ4v) is 4.51. The molecule has 3 N–H and O–H groups in total. The molecule has 2 heterocycles. The molecule has 0 saturated carbocycles. The molecule has 1 unspecified atom stereocenters. The van der Waals surface area contributed by atoms with Gasteiger partial charge in [-0.3, -0.25) is 4.72 Å². The van der Waals surface area contributed by atoms with Gasteiger partial charge in [0.05, 0.1) is 28.5 Å². The van der Waals surface area contributed by atoms with Gasteiger partial charge in [0.25, 0.3) is 10.0 Å². The van der Waals surface area contributed by atoms with Gasteiger partial charge in [-0.15, -0.1) is 0 Å². The average Bonchev–Trinajstić information content (AvgIpc) is 3.18. The van der Waals surface area contributed by atoms with Crippen LogP contribution in [0.4, 0.5) is 17.3 Å². The van der Waals surface area contributed by atoms with Crippen LogP contribution in [0, 0.1) is 11.3 Å². The number of furan rings is 1. The van der Waals surface area contributed by atoms with Gasteiger partial charge in [0.1, 0.15) is 17.4 Å². The van der Waals surface area contributed by atoms with Crippen LogP contribution in [0.25, 0.3) is 0 Å². The standard InChI is InChI=1S/C19H14ClN5O3S/c20-16-9-12(10-21)1-6-17(16)29(26,27)24-13-2-4-14(5-3-13)25-11-23-19-15(18(25)22)7-8-28-19/h1-9,11,18,24H,22H2. The summed E-state index contributed by atoms with van der Waals surface area (Å²) in [5.41, 5.74) is 8.36. The fourth-order valence-electron chi connectivity index (χ4n) is 2.90. The number of rotatable bonds is 4. The minimum absolute atomic E-state index is 0.0282. The van der Waals surface area contributed by atoms with Gasteiger partial charge < -0.3 is 15.1 Å². The van der Waals surface area contributed by atoms with Crippen LogP contribution in [0.3, 0.4) is 0 Å². The number of nitrogens with one attached hydrogen (secondary N) is 1. The highest BCUT2D eigenvalue weighted by molar-refractivity contribution is 7.92. The maximum atomic E-state index is 12.6. The number of anilines is 2. The van der Waals surface area contributed by atoms with Crippen molar-refractivity contribution < 1.29 is 12.8 Å². The molecular formula is C19H14ClN5O3S. The molecule has 0 spiro atoms. The number of aliphatic imine (C=N–C) groups is 1. The van der Waals surface area contributed by atoms with Crippen LogP contribution in [-0.4, -0.2) is 14.8 Å². The van der Waals surface area contributed by atoms with Crippen molar-refractivity contribution in [3.8, 4) is 6.07 Å². The van der Waals surface area contributed by atoms with Gasteiger partial charge in [-0.1, -0.05) is 11.6 Å². The molecule has 1 aliphatic rings. The molecule has 4 rings (SSSR count). The Bertz CT molecular complexity index is 1250. The molecular weight excluding hydrogens is 414 g/mol. The highest BCUT2D eigenvalue weighted by atomic mass is 35.5. The zero-order valence-electron chi connectivity index (χ0n) is 14.8. The second-order valence-corrected chi connectivity index (χ2v) is 8.25. The summed E-state index contributed by atoms with van der Waals surface area (Å²) in [7, 11) is -3.92. The van der Waals surface area contributed by atoms with Crippen LogP contribution in [0.5, 0.6) is 0 Å². The van der Waals surface area contributed by atoms with Crippen LogP contribution >= 0.6 is 11.6 Å². The third-order valence-electron chi connectivity index (χ3n) is 4.36. The lowest BCUT2D eigenvalue weighted by atomic mass is 10.2. The Morgan fingerprint density at radius 2 is 1.97 bits per heavy atom. The minimum atomic E-state index is -3.92. The summed E-state index contributed by atoms with van der Waals surface area (Å²) >= 11 is 6.02. The molecule has 1 aliphatic heterocycles. The second-order valence-electron chi connectivity index (χ2n) is 6.19. The predicted molar refractivity (Wildman–Crippen MR) is 110 cm³/mol. The van der Waals surface area contributed by atoms with E-state index >= 15 is 0 Å². The summed E-state index contributed by atoms with van der Waals surface area (Å²) in [6.45, 7) is 0. The van der Waals surface area contributed by atoms with E-state index < -0.39 is 16.2 Å². The maximum absolute atomic E-state index is 12.6. The molecule has 0 saturated heterocycles. The molecule has 1 atom stereocenters. The molecule has 8 nitrogen and oxygen atoms in total. The van der Waals surface area contributed by atoms with Gasteiger partial charge in [-0.25, -0.2) is 13.4 Å². The summed E-state index contributed by atoms with van der Waals surface area (Å²) in [5.74, 6) is 0.470. The molecule has 2 aromatic carbocycles. The quantitative estimate of drug-likeness (QED) is 0.653. The summed E-state index contributed by atoms with van der Waals surface area (Å²) in [5, 5.41) is 8.86. The van der Waals surface area contributed by atoms with Crippen molar-refractivity contribution >= 4 is 45.2 Å². The van der Waals surface area contributed by atoms with Gasteiger partial charge in [-0.05, 0) is 48.5 Å². The van der Waals surface area contributed by atoms with Crippen LogP contribution < -0.4 is 15.4 Å². The minimum Gasteiger partial charge on any atom is -0.446 e. The highest BCUT2D eigenvalue weighted by Gasteiger charge is 2.24. The van der Waals surface area contributed by atoms with Gasteiger partial charge in [0.2, 0.25) is 5.88 Å². The monoisotopic (exact) mass is 427 g/mol. The first-order chi connectivity index (χ1) is 13.9. The zero-order valence-corrected chi connectivity index (χ0v) is 16.4. The zero-order chi connectivity index (χ0) is 20.6. The molecule has 0 fully saturated rings. The topological polar surface area (TPSA) is 125 Å². The van der Waals surface area contributed by atoms with Crippen molar-refractivity contribution in [3.63, 3.8) is 0 Å². The number of nitrogens with two attached hydrogens (primary N) is 1. The van der Waals surface area contributed by atoms with E-state index in [-0.39, 0.29) is 15.5 Å². The van der Waals surface area contributed by atoms with E-state index in [0.29, 0.717) is 11.6 Å². The van der Waals surface area contributed by atoms with E-state index in [1.165, 1.54) is 24.5 Å². The van der Waals surface area contributed by atoms with E-state index in [9.17, 15) is 8.42 Å². The van der Waals surface area contributed by atoms with E-state index in [2.05, 4.69) is 9.71 Å². The first kappa shape index (κ1) is 19.0. The lowest BCUT2D eigenvalue weighted by molar-refractivity contribution is 0.567. The molecule has 0 bridgehead atoms. The average molecular weight is 428 g/mol. The van der Waals surface area contributed by atoms with Crippen molar-refractivity contribution in [2.24, 2.45) is 10.7 Å². The Morgan fingerprint density at radius 3 is 2.66 bits per heavy atom. The van der Waals surface area contributed by atoms with Gasteiger partial charge in [0, 0.05) is 11.4 Å². The summed E-state index contributed by atoms with van der Waals surface area (Å²) in [4.78, 5) is 5.84. The molecule has 29 heavy (non-hydrogen) atoms. The predicted octanol–water partition coefficient (Wildman–Crippen LogP) is 3.74. The Labute approximate surface area is 171 Å². The van der Waals surface area contributed by atoms with E-state index in [1.807, 2.05) is 6.07 Å². The fraction of sp³-hybridized carbons (Fsp3) is 0.0526. The lowest BCUT2D eigenvalue weighted by Gasteiger charge is -2.29. The first-order valence-electron chi connectivity index (χ1n) is 8.37. The third kappa shape index (κ3) is 3.56. The first-order valence-corrected chi connectivity index (χ1v) is 10.2. The van der Waals surface area contributed by atoms with Crippen LogP contribution in [0.1, 0.15) is 17.3 Å². The van der Waals surface area contributed by atoms with Crippen molar-refractivity contribution in [3.05, 3.63) is 70.9 Å². The third-order valence-corrected chi connectivity index (χ3v) is 6.22. The number of hydrogen-bond acceptors (Lipinski definition) is 7. The summed E-state index contributed by atoms with van der Waals surface area (Å²) < 4.78 is 33.0. The van der Waals surface area contributed by atoms with Crippen LogP contribution in [0.15, 0.2) is 69.1 Å². The van der Waals surface area contributed by atoms with E-state index in [1.54, 1.807) is 41.6 Å². The summed E-state index contributed by atoms with van der Waals surface area (Å²) in [6, 6.07) is 14.3. The Kier molecular flexibility index (Phi) is 4.76. The molecule has 1 aromatic heterocycles. The number of sulfonamides is 1. The number of halogens is 1. The largest absolute Gasteiger partial charge is 0.446 e. The SMILES string of the molecule is N#Cc1ccc(S(=O)(=O)Nc2ccc(N3C=Nc4occc4C3N)cc2)c(Cl)c1. The normalized spacial score (nSPS) is 15.6. The number of hydrogen-bond donors (Lipinski definition) is 2. The lowest BCUT2D eigenvalue weighted by Crippen LogP contribution is -2.35. The van der Waals surface area contributed by atoms with Crippen molar-refractivity contribution in [2.75, 3.05) is 9.62 Å². The Morgan fingerprint density at radius 1 is 1.21 bits per heavy atom. The molecule has 146 valence electrons. The maximum Gasteiger partial charge on any atom is 0.263 e. The molecule has 0 aliphatic carbocycles. The van der Waals surface area contributed by atoms with Crippen molar-refractivity contribution in [2.45, 2.75) is 11.1 Å². The van der Waals surface area contributed by atoms with E-state index in [4.69, 9.17) is 27.0 Å².